The summed E-state index contributed by atoms with van der Waals surface area (Å²) in [4.78, 5) is 11.9. The summed E-state index contributed by atoms with van der Waals surface area (Å²) in [6.45, 7) is 2.27. The van der Waals surface area contributed by atoms with Crippen LogP contribution in [0.3, 0.4) is 0 Å². The average Bonchev–Trinajstić information content (AvgIpc) is 2.91. The maximum absolute atomic E-state index is 13.6. The number of hydrogen-bond acceptors (Lipinski definition) is 2. The topological polar surface area (TPSA) is 38.3 Å². The fraction of sp³-hybridized carbons (Fsp3) is 0.500. The van der Waals surface area contributed by atoms with Crippen LogP contribution in [0.1, 0.15) is 35.7 Å². The van der Waals surface area contributed by atoms with Gasteiger partial charge in [-0.15, -0.1) is 0 Å². The van der Waals surface area contributed by atoms with E-state index in [0.717, 1.165) is 12.8 Å². The number of nitrogens with one attached hydrogen (secondary N) is 1. The Bertz CT molecular complexity index is 524. The molecule has 0 spiro atoms. The normalized spacial score (nSPS) is 20.3. The van der Waals surface area contributed by atoms with Crippen LogP contribution in [-0.4, -0.2) is 24.7 Å². The highest BCUT2D eigenvalue weighted by molar-refractivity contribution is 5.94. The summed E-state index contributed by atoms with van der Waals surface area (Å²) in [5.74, 6) is -1.86. The van der Waals surface area contributed by atoms with E-state index in [4.69, 9.17) is 4.74 Å². The molecule has 1 aromatic rings. The van der Waals surface area contributed by atoms with Crippen LogP contribution in [0.25, 0.3) is 0 Å². The monoisotopic (exact) mass is 305 g/mol. The van der Waals surface area contributed by atoms with E-state index in [0.29, 0.717) is 24.8 Å². The fourth-order valence-corrected chi connectivity index (χ4v) is 2.25. The first-order valence-electron chi connectivity index (χ1n) is 6.58. The molecule has 1 amide bonds. The molecule has 1 aliphatic rings. The predicted octanol–water partition coefficient (Wildman–Crippen LogP) is 3.14. The van der Waals surface area contributed by atoms with Crippen LogP contribution >= 0.6 is 0 Å². The highest BCUT2D eigenvalue weighted by atomic mass is 19.4. The Labute approximate surface area is 119 Å². The second-order valence-corrected chi connectivity index (χ2v) is 5.01. The van der Waals surface area contributed by atoms with Crippen molar-refractivity contribution in [2.75, 3.05) is 6.61 Å². The minimum absolute atomic E-state index is 0.192. The molecule has 1 fully saturated rings. The molecular weight excluding hydrogens is 290 g/mol. The van der Waals surface area contributed by atoms with Crippen molar-refractivity contribution in [2.45, 2.75) is 38.1 Å². The van der Waals surface area contributed by atoms with Gasteiger partial charge in [0.25, 0.3) is 5.91 Å². The third-order valence-corrected chi connectivity index (χ3v) is 3.42. The highest BCUT2D eigenvalue weighted by Crippen LogP contribution is 2.30. The van der Waals surface area contributed by atoms with Crippen molar-refractivity contribution in [2.24, 2.45) is 0 Å². The number of benzene rings is 1. The summed E-state index contributed by atoms with van der Waals surface area (Å²) in [7, 11) is 0. The summed E-state index contributed by atoms with van der Waals surface area (Å²) in [6, 6.07) is 1.38. The van der Waals surface area contributed by atoms with Crippen LogP contribution < -0.4 is 5.32 Å². The second kappa shape index (κ2) is 6.01. The maximum atomic E-state index is 13.6. The van der Waals surface area contributed by atoms with E-state index in [1.54, 1.807) is 6.92 Å². The molecule has 3 nitrogen and oxygen atoms in total. The van der Waals surface area contributed by atoms with Crippen LogP contribution in [0.5, 0.6) is 0 Å². The Morgan fingerprint density at radius 1 is 1.43 bits per heavy atom. The van der Waals surface area contributed by atoms with Gasteiger partial charge in [0.1, 0.15) is 5.82 Å². The van der Waals surface area contributed by atoms with Crippen LogP contribution in [0.4, 0.5) is 17.6 Å². The lowest BCUT2D eigenvalue weighted by molar-refractivity contribution is -0.137. The summed E-state index contributed by atoms with van der Waals surface area (Å²) in [6.07, 6.45) is -3.19. The molecule has 2 atom stereocenters. The Kier molecular flexibility index (Phi) is 4.51. The van der Waals surface area contributed by atoms with Gasteiger partial charge in [-0.1, -0.05) is 0 Å². The molecule has 1 saturated heterocycles. The zero-order chi connectivity index (χ0) is 15.6. The zero-order valence-electron chi connectivity index (χ0n) is 11.3. The van der Waals surface area contributed by atoms with Crippen molar-refractivity contribution in [1.82, 2.24) is 5.32 Å². The first-order valence-corrected chi connectivity index (χ1v) is 6.58. The Morgan fingerprint density at radius 3 is 2.71 bits per heavy atom. The summed E-state index contributed by atoms with van der Waals surface area (Å²) < 4.78 is 56.7. The summed E-state index contributed by atoms with van der Waals surface area (Å²) in [5.41, 5.74) is -1.67. The maximum Gasteiger partial charge on any atom is 0.416 e. The SMILES string of the molecule is CC(NC(=O)c1cc(C(F)(F)F)ccc1F)C1CCCO1. The van der Waals surface area contributed by atoms with Gasteiger partial charge in [-0.25, -0.2) is 4.39 Å². The molecule has 116 valence electrons. The minimum Gasteiger partial charge on any atom is -0.376 e. The van der Waals surface area contributed by atoms with Gasteiger partial charge in [0.15, 0.2) is 0 Å². The van der Waals surface area contributed by atoms with E-state index in [1.165, 1.54) is 0 Å². The van der Waals surface area contributed by atoms with Gasteiger partial charge in [0.05, 0.1) is 23.3 Å². The average molecular weight is 305 g/mol. The summed E-state index contributed by atoms with van der Waals surface area (Å²) in [5, 5.41) is 2.49. The van der Waals surface area contributed by atoms with Gasteiger partial charge < -0.3 is 10.1 Å². The van der Waals surface area contributed by atoms with Crippen LogP contribution in [-0.2, 0) is 10.9 Å². The quantitative estimate of drug-likeness (QED) is 0.871. The molecule has 1 aliphatic heterocycles. The number of alkyl halides is 3. The largest absolute Gasteiger partial charge is 0.416 e. The first-order chi connectivity index (χ1) is 9.79. The molecule has 2 unspecified atom stereocenters. The molecule has 7 heteroatoms. The molecule has 0 aromatic heterocycles. The molecule has 0 bridgehead atoms. The zero-order valence-corrected chi connectivity index (χ0v) is 11.3. The van der Waals surface area contributed by atoms with Crippen molar-refractivity contribution < 1.29 is 27.1 Å². The molecule has 1 heterocycles. The van der Waals surface area contributed by atoms with Crippen molar-refractivity contribution in [3.8, 4) is 0 Å². The number of carbonyl (C=O) groups excluding carboxylic acids is 1. The lowest BCUT2D eigenvalue weighted by atomic mass is 10.1. The molecule has 2 rings (SSSR count). The Morgan fingerprint density at radius 2 is 2.14 bits per heavy atom. The first kappa shape index (κ1) is 15.8. The number of ether oxygens (including phenoxy) is 1. The van der Waals surface area contributed by atoms with Crippen LogP contribution in [0, 0.1) is 5.82 Å². The fourth-order valence-electron chi connectivity index (χ4n) is 2.25. The van der Waals surface area contributed by atoms with E-state index < -0.39 is 35.1 Å². The van der Waals surface area contributed by atoms with E-state index in [-0.39, 0.29) is 6.10 Å². The predicted molar refractivity (Wildman–Crippen MR) is 67.3 cm³/mol. The van der Waals surface area contributed by atoms with Crippen LogP contribution in [0.15, 0.2) is 18.2 Å². The lowest BCUT2D eigenvalue weighted by Crippen LogP contribution is -2.41. The number of rotatable bonds is 3. The van der Waals surface area contributed by atoms with E-state index >= 15 is 0 Å². The molecular formula is C14H15F4NO2. The number of amides is 1. The van der Waals surface area contributed by atoms with Gasteiger partial charge in [-0.3, -0.25) is 4.79 Å². The van der Waals surface area contributed by atoms with Crippen molar-refractivity contribution >= 4 is 5.91 Å². The molecule has 21 heavy (non-hydrogen) atoms. The van der Waals surface area contributed by atoms with Crippen molar-refractivity contribution in [1.29, 1.82) is 0 Å². The minimum atomic E-state index is -4.62. The smallest absolute Gasteiger partial charge is 0.376 e. The second-order valence-electron chi connectivity index (χ2n) is 5.01. The highest BCUT2D eigenvalue weighted by Gasteiger charge is 2.32. The van der Waals surface area contributed by atoms with Gasteiger partial charge in [0.2, 0.25) is 0 Å². The molecule has 1 aromatic carbocycles. The van der Waals surface area contributed by atoms with Gasteiger partial charge in [0, 0.05) is 6.61 Å². The van der Waals surface area contributed by atoms with Crippen molar-refractivity contribution in [3.63, 3.8) is 0 Å². The van der Waals surface area contributed by atoms with Gasteiger partial charge >= 0.3 is 6.18 Å². The third kappa shape index (κ3) is 3.72. The van der Waals surface area contributed by atoms with E-state index in [2.05, 4.69) is 5.32 Å². The Hall–Kier alpha value is -1.63. The Balaban J connectivity index is 2.14. The van der Waals surface area contributed by atoms with Crippen LogP contribution in [0.2, 0.25) is 0 Å². The van der Waals surface area contributed by atoms with Gasteiger partial charge in [-0.2, -0.15) is 13.2 Å². The van der Waals surface area contributed by atoms with Crippen molar-refractivity contribution in [3.05, 3.63) is 35.1 Å². The van der Waals surface area contributed by atoms with E-state index in [9.17, 15) is 22.4 Å². The number of halogens is 4. The third-order valence-electron chi connectivity index (χ3n) is 3.42. The molecule has 0 saturated carbocycles. The molecule has 1 N–H and O–H groups in total. The number of hydrogen-bond donors (Lipinski definition) is 1. The number of carbonyl (C=O) groups is 1. The van der Waals surface area contributed by atoms with Gasteiger partial charge in [-0.05, 0) is 38.0 Å². The van der Waals surface area contributed by atoms with E-state index in [1.807, 2.05) is 0 Å². The molecule has 0 radical (unpaired) electrons. The standard InChI is InChI=1S/C14H15F4NO2/c1-8(12-3-2-6-21-12)19-13(20)10-7-9(14(16,17)18)4-5-11(10)15/h4-5,7-8,12H,2-3,6H2,1H3,(H,19,20). The summed E-state index contributed by atoms with van der Waals surface area (Å²) >= 11 is 0. The lowest BCUT2D eigenvalue weighted by Gasteiger charge is -2.20. The molecule has 0 aliphatic carbocycles.